The number of imide groups is 4. The molecule has 4 heterocycles. The molecule has 0 saturated heterocycles. The van der Waals surface area contributed by atoms with E-state index in [0.29, 0.717) is 0 Å². The number of hydrogen-bond donors (Lipinski definition) is 4. The zero-order valence-corrected chi connectivity index (χ0v) is 52.9. The molecule has 0 aliphatic carbocycles. The van der Waals surface area contributed by atoms with Gasteiger partial charge in [0.2, 0.25) is 0 Å². The first kappa shape index (κ1) is 68.0. The van der Waals surface area contributed by atoms with E-state index in [4.69, 9.17) is 0 Å². The van der Waals surface area contributed by atoms with E-state index in [0.717, 1.165) is 62.7 Å². The zero-order chi connectivity index (χ0) is 64.1. The van der Waals surface area contributed by atoms with Crippen LogP contribution >= 0.6 is 0 Å². The van der Waals surface area contributed by atoms with Crippen molar-refractivity contribution in [3.8, 4) is 0 Å². The molecule has 0 aromatic heterocycles. The van der Waals surface area contributed by atoms with Crippen molar-refractivity contribution in [1.29, 1.82) is 0 Å². The third-order valence-corrected chi connectivity index (χ3v) is 15.8. The van der Waals surface area contributed by atoms with Gasteiger partial charge < -0.3 is 20.4 Å². The van der Waals surface area contributed by atoms with Crippen LogP contribution in [0.15, 0.2) is 146 Å². The standard InChI is InChI=1S/4C17H15NO4.2Rh/c4*1-9(2)14(17(21)22)18-15(19)12-7-10-5-3-4-6-11(10)8-13(12)16(18)20;;/h4*3-9,14H,1-2H3,(H,21,22);;/t2*14-;;;;/m00..../s1. The van der Waals surface area contributed by atoms with E-state index in [1.54, 1.807) is 104 Å². The number of carboxylic acid groups (broad SMARTS) is 4. The first-order valence-corrected chi connectivity index (χ1v) is 28.2. The maximum Gasteiger partial charge on any atom is 0.327 e. The Labute approximate surface area is 540 Å². The van der Waals surface area contributed by atoms with Crippen molar-refractivity contribution in [2.75, 3.05) is 0 Å². The predicted molar refractivity (Wildman–Crippen MR) is 323 cm³/mol. The Bertz CT molecular complexity index is 3580. The van der Waals surface area contributed by atoms with Crippen LogP contribution < -0.4 is 0 Å². The largest absolute Gasteiger partial charge is 0.480 e. The monoisotopic (exact) mass is 1390 g/mol. The first-order chi connectivity index (χ1) is 41.7. The molecule has 8 aromatic carbocycles. The molecule has 0 fully saturated rings. The minimum absolute atomic E-state index is 0. The molecule has 4 aliphatic heterocycles. The maximum absolute atomic E-state index is 12.5. The number of carbonyl (C=O) groups is 12. The molecule has 22 heteroatoms. The molecule has 466 valence electrons. The van der Waals surface area contributed by atoms with Gasteiger partial charge >= 0.3 is 23.9 Å². The van der Waals surface area contributed by atoms with E-state index < -0.39 is 95.3 Å². The average Bonchev–Trinajstić information content (AvgIpc) is 1.74. The van der Waals surface area contributed by atoms with Gasteiger partial charge in [0.25, 0.3) is 47.3 Å². The van der Waals surface area contributed by atoms with Crippen molar-refractivity contribution in [1.82, 2.24) is 19.6 Å². The van der Waals surface area contributed by atoms with Crippen LogP contribution in [0.5, 0.6) is 0 Å². The summed E-state index contributed by atoms with van der Waals surface area (Å²) in [5, 5.41) is 44.2. The summed E-state index contributed by atoms with van der Waals surface area (Å²) in [6.07, 6.45) is 0. The molecule has 2 radical (unpaired) electrons. The number of aliphatic carboxylic acids is 4. The van der Waals surface area contributed by atoms with Crippen LogP contribution in [0.25, 0.3) is 43.1 Å². The second-order valence-electron chi connectivity index (χ2n) is 23.0. The quantitative estimate of drug-likeness (QED) is 0.0653. The van der Waals surface area contributed by atoms with Gasteiger partial charge in [-0.2, -0.15) is 0 Å². The van der Waals surface area contributed by atoms with Gasteiger partial charge in [-0.15, -0.1) is 0 Å². The van der Waals surface area contributed by atoms with Crippen LogP contribution in [-0.4, -0.2) is 135 Å². The van der Waals surface area contributed by atoms with Crippen LogP contribution in [-0.2, 0) is 58.1 Å². The first-order valence-electron chi connectivity index (χ1n) is 28.2. The van der Waals surface area contributed by atoms with Gasteiger partial charge in [0.05, 0.1) is 44.5 Å². The molecule has 0 bridgehead atoms. The number of hydrogen-bond acceptors (Lipinski definition) is 12. The van der Waals surface area contributed by atoms with Crippen molar-refractivity contribution in [3.63, 3.8) is 0 Å². The fraction of sp³-hybridized carbons (Fsp3) is 0.235. The van der Waals surface area contributed by atoms with E-state index in [9.17, 15) is 78.0 Å². The van der Waals surface area contributed by atoms with E-state index >= 15 is 0 Å². The SMILES string of the molecule is CC(C)C(C(=O)O)N1C(=O)c2cc3ccccc3cc2C1=O.CC(C)C(C(=O)O)N1C(=O)c2cc3ccccc3cc2C1=O.CC(C)[C@@H](C(=O)O)N1C(=O)c2cc3ccccc3cc2C1=O.CC(C)[C@@H](C(=O)O)N1C(=O)c2cc3ccccc3cc2C1=O.[Rh].[Rh]. The number of fused-ring (bicyclic) bond motifs is 8. The fourth-order valence-corrected chi connectivity index (χ4v) is 11.6. The van der Waals surface area contributed by atoms with Crippen LogP contribution in [0.2, 0.25) is 0 Å². The number of rotatable bonds is 12. The molecular formula is C68H60N4O16Rh2. The molecule has 20 nitrogen and oxygen atoms in total. The third kappa shape index (κ3) is 12.5. The van der Waals surface area contributed by atoms with Crippen LogP contribution in [0.3, 0.4) is 0 Å². The third-order valence-electron chi connectivity index (χ3n) is 15.8. The Balaban J connectivity index is 0.000000169. The summed E-state index contributed by atoms with van der Waals surface area (Å²) < 4.78 is 0. The Morgan fingerprint density at radius 3 is 0.456 bits per heavy atom. The molecule has 4 atom stereocenters. The van der Waals surface area contributed by atoms with Crippen molar-refractivity contribution >= 4 is 114 Å². The maximum atomic E-state index is 12.5. The minimum Gasteiger partial charge on any atom is -0.480 e. The summed E-state index contributed by atoms with van der Waals surface area (Å²) in [4.78, 5) is 150. The summed E-state index contributed by atoms with van der Waals surface area (Å²) in [6, 6.07) is 38.3. The molecule has 90 heavy (non-hydrogen) atoms. The Hall–Kier alpha value is -9.51. The Kier molecular flexibility index (Phi) is 20.5. The number of amides is 8. The van der Waals surface area contributed by atoms with E-state index in [-0.39, 0.29) is 107 Å². The predicted octanol–water partition coefficient (Wildman–Crippen LogP) is 10.2. The van der Waals surface area contributed by atoms with E-state index in [1.807, 2.05) is 97.1 Å². The number of carboxylic acids is 4. The van der Waals surface area contributed by atoms with Gasteiger partial charge in [-0.05, 0) is 115 Å². The van der Waals surface area contributed by atoms with Crippen molar-refractivity contribution in [3.05, 3.63) is 190 Å². The van der Waals surface area contributed by atoms with Gasteiger partial charge in [-0.25, -0.2) is 19.2 Å². The molecule has 12 rings (SSSR count). The van der Waals surface area contributed by atoms with Gasteiger partial charge in [-0.1, -0.05) is 152 Å². The van der Waals surface area contributed by atoms with Crippen molar-refractivity contribution < 1.29 is 117 Å². The molecule has 8 amide bonds. The summed E-state index contributed by atoms with van der Waals surface area (Å²) in [5.41, 5.74) is 2.19. The smallest absolute Gasteiger partial charge is 0.327 e. The van der Waals surface area contributed by atoms with Gasteiger partial charge in [0.1, 0.15) is 24.2 Å². The number of nitrogens with zero attached hydrogens (tertiary/aromatic N) is 4. The van der Waals surface area contributed by atoms with E-state index in [1.165, 1.54) is 0 Å². The zero-order valence-electron chi connectivity index (χ0n) is 49.6. The molecule has 4 aliphatic rings. The molecule has 0 spiro atoms. The summed E-state index contributed by atoms with van der Waals surface area (Å²) in [6.45, 7) is 13.4. The Morgan fingerprint density at radius 1 is 0.256 bits per heavy atom. The second-order valence-corrected chi connectivity index (χ2v) is 23.0. The van der Waals surface area contributed by atoms with E-state index in [2.05, 4.69) is 0 Å². The molecule has 2 unspecified atom stereocenters. The van der Waals surface area contributed by atoms with Crippen molar-refractivity contribution in [2.24, 2.45) is 23.7 Å². The summed E-state index contributed by atoms with van der Waals surface area (Å²) in [7, 11) is 0. The number of carbonyl (C=O) groups excluding carboxylic acids is 8. The molecule has 4 N–H and O–H groups in total. The van der Waals surface area contributed by atoms with Gasteiger partial charge in [-0.3, -0.25) is 58.0 Å². The molecule has 8 aromatic rings. The van der Waals surface area contributed by atoms with Crippen molar-refractivity contribution in [2.45, 2.75) is 79.6 Å². The number of benzene rings is 8. The van der Waals surface area contributed by atoms with Gasteiger partial charge in [0.15, 0.2) is 0 Å². The summed E-state index contributed by atoms with van der Waals surface area (Å²) in [5.74, 6) is -10.4. The summed E-state index contributed by atoms with van der Waals surface area (Å²) >= 11 is 0. The average molecular weight is 1400 g/mol. The minimum atomic E-state index is -1.17. The van der Waals surface area contributed by atoms with Gasteiger partial charge in [0, 0.05) is 39.0 Å². The van der Waals surface area contributed by atoms with Crippen LogP contribution in [0.1, 0.15) is 138 Å². The van der Waals surface area contributed by atoms with Crippen LogP contribution in [0, 0.1) is 23.7 Å². The second kappa shape index (κ2) is 27.1. The van der Waals surface area contributed by atoms with Crippen LogP contribution in [0.4, 0.5) is 0 Å². The normalized spacial score (nSPS) is 15.2. The topological polar surface area (TPSA) is 299 Å². The fourth-order valence-electron chi connectivity index (χ4n) is 11.6. The molecular weight excluding hydrogens is 1330 g/mol. The molecule has 0 saturated carbocycles. The Morgan fingerprint density at radius 2 is 0.367 bits per heavy atom.